The Morgan fingerprint density at radius 2 is 1.92 bits per heavy atom. The maximum Gasteiger partial charge on any atom is 0.307 e. The van der Waals surface area contributed by atoms with Crippen molar-refractivity contribution in [1.29, 1.82) is 0 Å². The van der Waals surface area contributed by atoms with E-state index >= 15 is 0 Å². The number of hydrogen-bond donors (Lipinski definition) is 1. The standard InChI is InChI=1S/C29H33NO7S2/c1-18-9-10-21(28(19(2)29(32)33)26-12-11-25(38-26)20(3)31)15-22(18)16-30-17-23(13-14-36-4)37-24-7-5-6-8-27(24)39(30,34)35/h5-12,15,19,23,28H,13-14,16-17H2,1-4H3,(H,32,33). The number of hydrogen-bond acceptors (Lipinski definition) is 7. The number of para-hydroxylation sites is 1. The molecule has 2 aromatic carbocycles. The van der Waals surface area contributed by atoms with E-state index in [0.717, 1.165) is 21.6 Å². The first-order chi connectivity index (χ1) is 18.5. The van der Waals surface area contributed by atoms with Gasteiger partial charge in [-0.2, -0.15) is 4.31 Å². The highest BCUT2D eigenvalue weighted by Gasteiger charge is 2.35. The number of rotatable bonds is 10. The Bertz CT molecular complexity index is 1460. The second-order valence-corrected chi connectivity index (χ2v) is 12.8. The van der Waals surface area contributed by atoms with Gasteiger partial charge in [0.2, 0.25) is 10.0 Å². The second kappa shape index (κ2) is 12.0. The van der Waals surface area contributed by atoms with Crippen LogP contribution >= 0.6 is 11.3 Å². The molecule has 2 heterocycles. The molecule has 208 valence electrons. The molecule has 0 saturated heterocycles. The summed E-state index contributed by atoms with van der Waals surface area (Å²) in [5.74, 6) is -1.97. The fourth-order valence-electron chi connectivity index (χ4n) is 4.79. The Morgan fingerprint density at radius 1 is 1.18 bits per heavy atom. The van der Waals surface area contributed by atoms with E-state index in [2.05, 4.69) is 0 Å². The maximum absolute atomic E-state index is 13.8. The summed E-state index contributed by atoms with van der Waals surface area (Å²) in [6.07, 6.45) is 0.119. The number of methoxy groups -OCH3 is 1. The Morgan fingerprint density at radius 3 is 2.59 bits per heavy atom. The third kappa shape index (κ3) is 6.24. The van der Waals surface area contributed by atoms with Crippen molar-refractivity contribution in [1.82, 2.24) is 4.31 Å². The Labute approximate surface area is 233 Å². The zero-order valence-electron chi connectivity index (χ0n) is 22.4. The maximum atomic E-state index is 13.8. The summed E-state index contributed by atoms with van der Waals surface area (Å²) in [4.78, 5) is 25.5. The molecule has 1 aliphatic heterocycles. The number of aliphatic carboxylic acids is 1. The first-order valence-electron chi connectivity index (χ1n) is 12.7. The van der Waals surface area contributed by atoms with Crippen LogP contribution in [0.15, 0.2) is 59.5 Å². The summed E-state index contributed by atoms with van der Waals surface area (Å²) in [5.41, 5.74) is 2.41. The minimum atomic E-state index is -3.88. The lowest BCUT2D eigenvalue weighted by Gasteiger charge is -2.25. The third-order valence-corrected chi connectivity index (χ3v) is 10.2. The summed E-state index contributed by atoms with van der Waals surface area (Å²) in [6, 6.07) is 15.8. The minimum Gasteiger partial charge on any atom is -0.488 e. The average Bonchev–Trinajstić information content (AvgIpc) is 3.35. The van der Waals surface area contributed by atoms with Crippen molar-refractivity contribution < 1.29 is 32.6 Å². The van der Waals surface area contributed by atoms with Crippen LogP contribution in [0.4, 0.5) is 0 Å². The fourth-order valence-corrected chi connectivity index (χ4v) is 7.49. The topological polar surface area (TPSA) is 110 Å². The van der Waals surface area contributed by atoms with Crippen molar-refractivity contribution in [3.05, 3.63) is 81.0 Å². The predicted molar refractivity (Wildman–Crippen MR) is 149 cm³/mol. The number of thiophene rings is 1. The van der Waals surface area contributed by atoms with Crippen molar-refractivity contribution >= 4 is 33.1 Å². The number of sulfonamides is 1. The molecule has 10 heteroatoms. The largest absolute Gasteiger partial charge is 0.488 e. The second-order valence-electron chi connectivity index (χ2n) is 9.81. The molecule has 0 spiro atoms. The third-order valence-electron chi connectivity index (χ3n) is 7.06. The lowest BCUT2D eigenvalue weighted by molar-refractivity contribution is -0.141. The van der Waals surface area contributed by atoms with Crippen LogP contribution in [0, 0.1) is 12.8 Å². The van der Waals surface area contributed by atoms with Gasteiger partial charge in [0, 0.05) is 37.5 Å². The zero-order chi connectivity index (χ0) is 28.3. The highest BCUT2D eigenvalue weighted by atomic mass is 32.2. The monoisotopic (exact) mass is 571 g/mol. The van der Waals surface area contributed by atoms with E-state index in [1.807, 2.05) is 25.1 Å². The number of carbonyl (C=O) groups is 2. The van der Waals surface area contributed by atoms with Crippen molar-refractivity contribution in [3.63, 3.8) is 0 Å². The van der Waals surface area contributed by atoms with Gasteiger partial charge in [-0.15, -0.1) is 11.3 Å². The molecule has 0 radical (unpaired) electrons. The highest BCUT2D eigenvalue weighted by molar-refractivity contribution is 7.89. The molecule has 0 bridgehead atoms. The molecule has 1 N–H and O–H groups in total. The van der Waals surface area contributed by atoms with Crippen LogP contribution < -0.4 is 4.74 Å². The van der Waals surface area contributed by atoms with Crippen LogP contribution in [-0.2, 0) is 26.1 Å². The molecule has 39 heavy (non-hydrogen) atoms. The molecular weight excluding hydrogens is 538 g/mol. The molecule has 0 fully saturated rings. The lowest BCUT2D eigenvalue weighted by atomic mass is 9.84. The molecular formula is C29H33NO7S2. The normalized spacial score (nSPS) is 18.4. The molecule has 4 rings (SSSR count). The summed E-state index contributed by atoms with van der Waals surface area (Å²) in [7, 11) is -2.28. The molecule has 3 unspecified atom stereocenters. The number of aryl methyl sites for hydroxylation is 1. The fraction of sp³-hybridized carbons (Fsp3) is 0.379. The van der Waals surface area contributed by atoms with Gasteiger partial charge >= 0.3 is 5.97 Å². The summed E-state index contributed by atoms with van der Waals surface area (Å²) in [6.45, 7) is 5.71. The molecule has 3 aromatic rings. The van der Waals surface area contributed by atoms with E-state index in [9.17, 15) is 23.1 Å². The van der Waals surface area contributed by atoms with Gasteiger partial charge < -0.3 is 14.6 Å². The van der Waals surface area contributed by atoms with Gasteiger partial charge in [-0.3, -0.25) is 9.59 Å². The van der Waals surface area contributed by atoms with E-state index in [0.29, 0.717) is 23.7 Å². The number of ketones is 1. The number of fused-ring (bicyclic) bond motifs is 1. The van der Waals surface area contributed by atoms with Crippen molar-refractivity contribution in [2.45, 2.75) is 50.7 Å². The number of ether oxygens (including phenoxy) is 2. The van der Waals surface area contributed by atoms with Crippen molar-refractivity contribution in [2.24, 2.45) is 5.92 Å². The van der Waals surface area contributed by atoms with Crippen molar-refractivity contribution in [3.8, 4) is 5.75 Å². The Balaban J connectivity index is 1.74. The number of Topliss-reactive ketones (excluding diaryl/α,β-unsaturated/α-hetero) is 1. The van der Waals surface area contributed by atoms with Gasteiger partial charge in [-0.05, 0) is 54.8 Å². The van der Waals surface area contributed by atoms with Gasteiger partial charge in [0.05, 0.1) is 17.3 Å². The Hall–Kier alpha value is -3.05. The van der Waals surface area contributed by atoms with Crippen LogP contribution in [0.1, 0.15) is 57.4 Å². The van der Waals surface area contributed by atoms with E-state index in [1.165, 1.54) is 22.6 Å². The molecule has 0 amide bonds. The van der Waals surface area contributed by atoms with E-state index in [1.54, 1.807) is 50.4 Å². The molecule has 1 aliphatic rings. The summed E-state index contributed by atoms with van der Waals surface area (Å²) >= 11 is 1.29. The summed E-state index contributed by atoms with van der Waals surface area (Å²) < 4.78 is 40.3. The minimum absolute atomic E-state index is 0.0746. The van der Waals surface area contributed by atoms with Gasteiger partial charge in [0.15, 0.2) is 5.78 Å². The first kappa shape index (κ1) is 28.9. The van der Waals surface area contributed by atoms with Gasteiger partial charge in [0.1, 0.15) is 16.7 Å². The summed E-state index contributed by atoms with van der Waals surface area (Å²) in [5, 5.41) is 9.89. The smallest absolute Gasteiger partial charge is 0.307 e. The SMILES string of the molecule is COCCC1CN(Cc2cc(C(c3ccc(C(C)=O)s3)C(C)C(=O)O)ccc2C)S(=O)(=O)c2ccccc2O1. The van der Waals surface area contributed by atoms with Gasteiger partial charge in [0.25, 0.3) is 0 Å². The Kier molecular flexibility index (Phi) is 8.90. The highest BCUT2D eigenvalue weighted by Crippen LogP contribution is 2.38. The lowest BCUT2D eigenvalue weighted by Crippen LogP contribution is -2.37. The predicted octanol–water partition coefficient (Wildman–Crippen LogP) is 5.10. The van der Waals surface area contributed by atoms with Crippen molar-refractivity contribution in [2.75, 3.05) is 20.3 Å². The van der Waals surface area contributed by atoms with E-state index in [4.69, 9.17) is 9.47 Å². The number of nitrogens with zero attached hydrogens (tertiary/aromatic N) is 1. The molecule has 1 aromatic heterocycles. The van der Waals surface area contributed by atoms with Crippen LogP contribution in [0.3, 0.4) is 0 Å². The molecule has 3 atom stereocenters. The number of carbonyl (C=O) groups excluding carboxylic acids is 1. The number of carboxylic acids is 1. The molecule has 8 nitrogen and oxygen atoms in total. The zero-order valence-corrected chi connectivity index (χ0v) is 24.1. The van der Waals surface area contributed by atoms with Gasteiger partial charge in [-0.1, -0.05) is 37.3 Å². The van der Waals surface area contributed by atoms with Crippen LogP contribution in [0.25, 0.3) is 0 Å². The van der Waals surface area contributed by atoms with Crippen LogP contribution in [0.5, 0.6) is 5.75 Å². The quantitative estimate of drug-likeness (QED) is 0.337. The first-order valence-corrected chi connectivity index (χ1v) is 15.0. The van der Waals surface area contributed by atoms with E-state index in [-0.39, 0.29) is 23.8 Å². The van der Waals surface area contributed by atoms with Gasteiger partial charge in [-0.25, -0.2) is 8.42 Å². The van der Waals surface area contributed by atoms with E-state index < -0.39 is 33.9 Å². The molecule has 0 saturated carbocycles. The molecule has 0 aliphatic carbocycles. The average molecular weight is 572 g/mol. The number of carboxylic acid groups (broad SMARTS) is 1. The van der Waals surface area contributed by atoms with Crippen LogP contribution in [-0.4, -0.2) is 55.9 Å². The number of benzene rings is 2. The van der Waals surface area contributed by atoms with Crippen LogP contribution in [0.2, 0.25) is 0 Å².